The Kier molecular flexibility index (Phi) is 7.92. The number of anilines is 2. The summed E-state index contributed by atoms with van der Waals surface area (Å²) in [5, 5.41) is 4.23. The van der Waals surface area contributed by atoms with Gasteiger partial charge < -0.3 is 19.9 Å². The molecule has 1 heterocycles. The maximum absolute atomic E-state index is 12.8. The van der Waals surface area contributed by atoms with Crippen LogP contribution in [-0.2, 0) is 9.59 Å². The van der Waals surface area contributed by atoms with E-state index in [4.69, 9.17) is 39.5 Å². The summed E-state index contributed by atoms with van der Waals surface area (Å²) in [7, 11) is 0. The normalized spacial score (nSPS) is 14.9. The van der Waals surface area contributed by atoms with Crippen LogP contribution in [0.1, 0.15) is 20.3 Å². The first-order valence-corrected chi connectivity index (χ1v) is 11.2. The monoisotopic (exact) mass is 483 g/mol. The number of nitrogens with one attached hydrogen (secondary N) is 1. The summed E-state index contributed by atoms with van der Waals surface area (Å²) in [6.07, 6.45) is -0.304. The number of piperazine rings is 1. The van der Waals surface area contributed by atoms with Crippen LogP contribution in [0.2, 0.25) is 15.1 Å². The fraction of sp³-hybridized carbons (Fsp3) is 0.364. The van der Waals surface area contributed by atoms with Crippen LogP contribution in [0.4, 0.5) is 11.4 Å². The average molecular weight is 485 g/mol. The Bertz CT molecular complexity index is 962. The van der Waals surface area contributed by atoms with Crippen molar-refractivity contribution < 1.29 is 14.3 Å². The minimum atomic E-state index is -0.801. The van der Waals surface area contributed by atoms with E-state index in [0.717, 1.165) is 5.69 Å². The van der Waals surface area contributed by atoms with Gasteiger partial charge in [0.2, 0.25) is 5.91 Å². The lowest BCUT2D eigenvalue weighted by Gasteiger charge is -2.37. The summed E-state index contributed by atoms with van der Waals surface area (Å²) >= 11 is 18.2. The van der Waals surface area contributed by atoms with Crippen LogP contribution < -0.4 is 15.0 Å². The van der Waals surface area contributed by atoms with Crippen LogP contribution in [0, 0.1) is 0 Å². The Labute approximate surface area is 197 Å². The number of ether oxygens (including phenoxy) is 1. The third-order valence-corrected chi connectivity index (χ3v) is 5.82. The molecule has 1 saturated heterocycles. The number of hydrogen-bond donors (Lipinski definition) is 1. The van der Waals surface area contributed by atoms with Crippen molar-refractivity contribution in [3.63, 3.8) is 0 Å². The molecule has 2 amide bonds. The molecule has 0 aliphatic carbocycles. The van der Waals surface area contributed by atoms with Gasteiger partial charge in [0.25, 0.3) is 5.91 Å². The van der Waals surface area contributed by atoms with Crippen molar-refractivity contribution in [2.45, 2.75) is 26.4 Å². The topological polar surface area (TPSA) is 61.9 Å². The molecule has 1 aliphatic rings. The van der Waals surface area contributed by atoms with Crippen LogP contribution in [0.25, 0.3) is 0 Å². The van der Waals surface area contributed by atoms with Crippen molar-refractivity contribution in [2.24, 2.45) is 0 Å². The van der Waals surface area contributed by atoms with E-state index >= 15 is 0 Å². The lowest BCUT2D eigenvalue weighted by molar-refractivity contribution is -0.131. The number of nitrogens with zero attached hydrogens (tertiary/aromatic N) is 2. The van der Waals surface area contributed by atoms with E-state index in [9.17, 15) is 9.59 Å². The maximum Gasteiger partial charge on any atom is 0.265 e. The molecule has 0 saturated carbocycles. The zero-order valence-electron chi connectivity index (χ0n) is 17.3. The van der Waals surface area contributed by atoms with Crippen molar-refractivity contribution in [1.82, 2.24) is 4.90 Å². The maximum atomic E-state index is 12.8. The molecule has 1 N–H and O–H groups in total. The molecule has 0 radical (unpaired) electrons. The van der Waals surface area contributed by atoms with Crippen molar-refractivity contribution in [2.75, 3.05) is 36.4 Å². The zero-order chi connectivity index (χ0) is 22.5. The van der Waals surface area contributed by atoms with Gasteiger partial charge in [0, 0.05) is 42.6 Å². The molecule has 9 heteroatoms. The van der Waals surface area contributed by atoms with Gasteiger partial charge in [-0.1, -0.05) is 41.7 Å². The molecule has 1 aliphatic heterocycles. The van der Waals surface area contributed by atoms with Crippen LogP contribution in [0.3, 0.4) is 0 Å². The molecule has 3 rings (SSSR count). The van der Waals surface area contributed by atoms with Gasteiger partial charge in [-0.2, -0.15) is 0 Å². The smallest absolute Gasteiger partial charge is 0.265 e. The predicted molar refractivity (Wildman–Crippen MR) is 126 cm³/mol. The largest absolute Gasteiger partial charge is 0.479 e. The van der Waals surface area contributed by atoms with Crippen molar-refractivity contribution in [3.05, 3.63) is 51.5 Å². The zero-order valence-corrected chi connectivity index (χ0v) is 19.6. The number of amides is 2. The molecule has 1 fully saturated rings. The van der Waals surface area contributed by atoms with Gasteiger partial charge >= 0.3 is 0 Å². The molecule has 0 spiro atoms. The summed E-state index contributed by atoms with van der Waals surface area (Å²) in [4.78, 5) is 28.7. The van der Waals surface area contributed by atoms with E-state index in [1.54, 1.807) is 37.3 Å². The van der Waals surface area contributed by atoms with Gasteiger partial charge in [0.1, 0.15) is 5.75 Å². The summed E-state index contributed by atoms with van der Waals surface area (Å²) in [6, 6.07) is 10.2. The Morgan fingerprint density at radius 1 is 1.03 bits per heavy atom. The third-order valence-electron chi connectivity index (χ3n) is 5.06. The number of benzene rings is 2. The van der Waals surface area contributed by atoms with Crippen LogP contribution in [0.5, 0.6) is 5.75 Å². The first-order chi connectivity index (χ1) is 14.8. The fourth-order valence-electron chi connectivity index (χ4n) is 3.35. The van der Waals surface area contributed by atoms with Crippen molar-refractivity contribution in [1.29, 1.82) is 0 Å². The molecular weight excluding hydrogens is 461 g/mol. The van der Waals surface area contributed by atoms with Crippen molar-refractivity contribution >= 4 is 58.0 Å². The predicted octanol–water partition coefficient (Wildman–Crippen LogP) is 5.11. The first-order valence-electron chi connectivity index (χ1n) is 10.0. The summed E-state index contributed by atoms with van der Waals surface area (Å²) in [6.45, 7) is 6.11. The molecule has 0 bridgehead atoms. The van der Waals surface area contributed by atoms with Gasteiger partial charge in [-0.15, -0.1) is 0 Å². The summed E-state index contributed by atoms with van der Waals surface area (Å²) in [5.41, 5.74) is 1.43. The quantitative estimate of drug-likeness (QED) is 0.619. The second-order valence-electron chi connectivity index (χ2n) is 7.21. The highest BCUT2D eigenvalue weighted by Gasteiger charge is 2.24. The highest BCUT2D eigenvalue weighted by molar-refractivity contribution is 6.35. The van der Waals surface area contributed by atoms with E-state index in [2.05, 4.69) is 10.2 Å². The minimum Gasteiger partial charge on any atom is -0.479 e. The summed E-state index contributed by atoms with van der Waals surface area (Å²) < 4.78 is 5.71. The van der Waals surface area contributed by atoms with Crippen LogP contribution >= 0.6 is 34.8 Å². The molecule has 2 aromatic carbocycles. The third kappa shape index (κ3) is 5.97. The second kappa shape index (κ2) is 10.4. The Morgan fingerprint density at radius 2 is 1.68 bits per heavy atom. The van der Waals surface area contributed by atoms with Gasteiger partial charge in [-0.25, -0.2) is 0 Å². The molecule has 0 aromatic heterocycles. The van der Waals surface area contributed by atoms with Gasteiger partial charge in [-0.3, -0.25) is 9.59 Å². The summed E-state index contributed by atoms with van der Waals surface area (Å²) in [5.74, 6) is 0.183. The van der Waals surface area contributed by atoms with E-state index in [-0.39, 0.29) is 11.8 Å². The lowest BCUT2D eigenvalue weighted by Crippen LogP contribution is -2.48. The average Bonchev–Trinajstić information content (AvgIpc) is 2.75. The van der Waals surface area contributed by atoms with E-state index in [1.165, 1.54) is 0 Å². The molecule has 166 valence electrons. The van der Waals surface area contributed by atoms with Crippen molar-refractivity contribution in [3.8, 4) is 5.75 Å². The number of carbonyl (C=O) groups is 2. The van der Waals surface area contributed by atoms with E-state index in [0.29, 0.717) is 59.1 Å². The molecule has 6 nitrogen and oxygen atoms in total. The highest BCUT2D eigenvalue weighted by Crippen LogP contribution is 2.31. The molecule has 1 atom stereocenters. The standard InChI is InChI=1S/C22H24Cl3N3O3/c1-3-21(29)28-10-8-27(9-11-28)19-6-4-16(24)13-18(19)26-22(30)14(2)31-20-7-5-15(23)12-17(20)25/h4-7,12-14H,3,8-11H2,1-2H3,(H,26,30). The molecule has 31 heavy (non-hydrogen) atoms. The first kappa shape index (κ1) is 23.5. The molecule has 1 unspecified atom stereocenters. The van der Waals surface area contributed by atoms with Gasteiger partial charge in [0.15, 0.2) is 6.10 Å². The minimum absolute atomic E-state index is 0.149. The van der Waals surface area contributed by atoms with Crippen LogP contribution in [0.15, 0.2) is 36.4 Å². The Morgan fingerprint density at radius 3 is 2.32 bits per heavy atom. The number of carbonyl (C=O) groups excluding carboxylic acids is 2. The van der Waals surface area contributed by atoms with Gasteiger partial charge in [-0.05, 0) is 43.3 Å². The molecule has 2 aromatic rings. The van der Waals surface area contributed by atoms with E-state index < -0.39 is 6.10 Å². The van der Waals surface area contributed by atoms with Gasteiger partial charge in [0.05, 0.1) is 16.4 Å². The van der Waals surface area contributed by atoms with Crippen LogP contribution in [-0.4, -0.2) is 49.0 Å². The van der Waals surface area contributed by atoms with E-state index in [1.807, 2.05) is 17.9 Å². The Balaban J connectivity index is 1.70. The fourth-order valence-corrected chi connectivity index (χ4v) is 3.98. The number of hydrogen-bond acceptors (Lipinski definition) is 4. The lowest BCUT2D eigenvalue weighted by atomic mass is 10.2. The molecular formula is C22H24Cl3N3O3. The Hall–Kier alpha value is -2.15. The highest BCUT2D eigenvalue weighted by atomic mass is 35.5. The SMILES string of the molecule is CCC(=O)N1CCN(c2ccc(Cl)cc2NC(=O)C(C)Oc2ccc(Cl)cc2Cl)CC1. The second-order valence-corrected chi connectivity index (χ2v) is 8.49. The number of rotatable bonds is 6. The number of halogens is 3.